The van der Waals surface area contributed by atoms with E-state index in [-0.39, 0.29) is 6.42 Å². The Morgan fingerprint density at radius 2 is 1.40 bits per heavy atom. The third-order valence-electron chi connectivity index (χ3n) is 3.66. The summed E-state index contributed by atoms with van der Waals surface area (Å²) in [5, 5.41) is 12.9. The smallest absolute Gasteiger partial charge is 0.345 e. The summed E-state index contributed by atoms with van der Waals surface area (Å²) in [6, 6.07) is 3.70. The minimum Gasteiger partial charge on any atom is -0.480 e. The van der Waals surface area contributed by atoms with Gasteiger partial charge in [-0.15, -0.1) is 0 Å². The molecule has 0 unspecified atom stereocenters. The van der Waals surface area contributed by atoms with Gasteiger partial charge in [-0.05, 0) is 12.0 Å². The van der Waals surface area contributed by atoms with Crippen molar-refractivity contribution < 1.29 is 46.5 Å². The van der Waals surface area contributed by atoms with Gasteiger partial charge in [-0.3, -0.25) is 9.59 Å². The third kappa shape index (κ3) is 9.62. The van der Waals surface area contributed by atoms with Crippen molar-refractivity contribution in [2.45, 2.75) is 37.8 Å². The molecule has 168 valence electrons. The predicted molar refractivity (Wildman–Crippen MR) is 93.5 cm³/mol. The molecule has 5 N–H and O–H groups in total. The molecule has 9 nitrogen and oxygen atoms in total. The Morgan fingerprint density at radius 1 is 0.900 bits per heavy atom. The summed E-state index contributed by atoms with van der Waals surface area (Å²) in [5.74, 6) is -3.88. The van der Waals surface area contributed by atoms with Crippen molar-refractivity contribution >= 4 is 17.8 Å². The molecule has 0 spiro atoms. The molecule has 0 aromatic heterocycles. The van der Waals surface area contributed by atoms with Crippen LogP contribution in [-0.4, -0.2) is 67.5 Å². The lowest BCUT2D eigenvalue weighted by Gasteiger charge is -2.22. The van der Waals surface area contributed by atoms with E-state index in [1.807, 2.05) is 5.32 Å². The predicted octanol–water partition coefficient (Wildman–Crippen LogP) is 0.0890. The molecule has 13 heteroatoms. The van der Waals surface area contributed by atoms with Crippen molar-refractivity contribution in [3.05, 3.63) is 35.9 Å². The van der Waals surface area contributed by atoms with E-state index < -0.39 is 62.3 Å². The third-order valence-corrected chi connectivity index (χ3v) is 3.66. The van der Waals surface area contributed by atoms with Gasteiger partial charge in [0.1, 0.15) is 6.04 Å². The van der Waals surface area contributed by atoms with Crippen molar-refractivity contribution in [3.8, 4) is 0 Å². The standard InChI is InChI=1S/C17H21F4N3O6/c18-16(19)29-7-11(14(26)24-12(15(27)28)8-30-17(20)21)23-13(25)10(22)6-9-4-2-1-3-5-9/h1-5,10-12,16-17H,6-8,22H2,(H,23,25)(H,24,26)(H,27,28)/t10-,11-,12-/m0/s1. The highest BCUT2D eigenvalue weighted by Crippen LogP contribution is 2.04. The molecule has 1 aromatic rings. The van der Waals surface area contributed by atoms with Gasteiger partial charge < -0.3 is 30.9 Å². The number of rotatable bonds is 13. The molecule has 3 atom stereocenters. The van der Waals surface area contributed by atoms with Crippen molar-refractivity contribution in [1.82, 2.24) is 10.6 Å². The zero-order valence-corrected chi connectivity index (χ0v) is 15.5. The summed E-state index contributed by atoms with van der Waals surface area (Å²) in [5.41, 5.74) is 6.45. The Kier molecular flexibility index (Phi) is 10.7. The molecule has 1 rings (SSSR count). The number of nitrogens with two attached hydrogens (primary N) is 1. The number of nitrogens with one attached hydrogen (secondary N) is 2. The lowest BCUT2D eigenvalue weighted by atomic mass is 10.1. The number of carbonyl (C=O) groups is 3. The average molecular weight is 439 g/mol. The second-order valence-electron chi connectivity index (χ2n) is 5.94. The van der Waals surface area contributed by atoms with Crippen molar-refractivity contribution in [2.75, 3.05) is 13.2 Å². The number of ether oxygens (including phenoxy) is 2. The van der Waals surface area contributed by atoms with Gasteiger partial charge in [-0.1, -0.05) is 30.3 Å². The van der Waals surface area contributed by atoms with Gasteiger partial charge >= 0.3 is 19.2 Å². The van der Waals surface area contributed by atoms with E-state index in [0.717, 1.165) is 0 Å². The first-order valence-corrected chi connectivity index (χ1v) is 8.52. The minimum absolute atomic E-state index is 0.0662. The maximum absolute atomic E-state index is 12.4. The fourth-order valence-corrected chi connectivity index (χ4v) is 2.21. The molecule has 0 heterocycles. The monoisotopic (exact) mass is 439 g/mol. The summed E-state index contributed by atoms with van der Waals surface area (Å²) in [6.45, 7) is -8.69. The number of amides is 2. The Balaban J connectivity index is 2.79. The molecule has 0 aliphatic heterocycles. The van der Waals surface area contributed by atoms with E-state index in [1.54, 1.807) is 30.3 Å². The average Bonchev–Trinajstić information content (AvgIpc) is 2.68. The maximum atomic E-state index is 12.4. The second-order valence-corrected chi connectivity index (χ2v) is 5.94. The van der Waals surface area contributed by atoms with Crippen LogP contribution in [-0.2, 0) is 30.3 Å². The second kappa shape index (κ2) is 12.7. The Labute approximate surface area is 168 Å². The first-order valence-electron chi connectivity index (χ1n) is 8.52. The van der Waals surface area contributed by atoms with E-state index >= 15 is 0 Å². The Hall–Kier alpha value is -2.77. The molecular weight excluding hydrogens is 418 g/mol. The number of hydrogen-bond donors (Lipinski definition) is 4. The number of halogens is 4. The normalized spacial score (nSPS) is 14.2. The van der Waals surface area contributed by atoms with Gasteiger partial charge in [0.15, 0.2) is 6.04 Å². The van der Waals surface area contributed by atoms with Crippen LogP contribution >= 0.6 is 0 Å². The molecule has 0 bridgehead atoms. The van der Waals surface area contributed by atoms with Gasteiger partial charge in [-0.25, -0.2) is 4.79 Å². The van der Waals surface area contributed by atoms with Crippen LogP contribution in [0.25, 0.3) is 0 Å². The number of carbonyl (C=O) groups excluding carboxylic acids is 2. The van der Waals surface area contributed by atoms with Crippen LogP contribution in [0.15, 0.2) is 30.3 Å². The molecule has 0 radical (unpaired) electrons. The molecular formula is C17H21F4N3O6. The quantitative estimate of drug-likeness (QED) is 0.319. The van der Waals surface area contributed by atoms with Gasteiger partial charge in [0, 0.05) is 0 Å². The van der Waals surface area contributed by atoms with E-state index in [9.17, 15) is 31.9 Å². The van der Waals surface area contributed by atoms with Gasteiger partial charge in [-0.2, -0.15) is 17.6 Å². The highest BCUT2D eigenvalue weighted by molar-refractivity contribution is 5.92. The van der Waals surface area contributed by atoms with Crippen molar-refractivity contribution in [2.24, 2.45) is 5.73 Å². The zero-order valence-electron chi connectivity index (χ0n) is 15.5. The number of benzene rings is 1. The summed E-state index contributed by atoms with van der Waals surface area (Å²) in [4.78, 5) is 35.5. The number of hydrogen-bond acceptors (Lipinski definition) is 6. The van der Waals surface area contributed by atoms with E-state index in [2.05, 4.69) is 14.8 Å². The molecule has 1 aromatic carbocycles. The van der Waals surface area contributed by atoms with Crippen LogP contribution in [0.5, 0.6) is 0 Å². The van der Waals surface area contributed by atoms with E-state index in [1.165, 1.54) is 0 Å². The molecule has 0 saturated carbocycles. The number of alkyl halides is 4. The van der Waals surface area contributed by atoms with Crippen LogP contribution in [0.2, 0.25) is 0 Å². The van der Waals surface area contributed by atoms with Crippen LogP contribution in [0, 0.1) is 0 Å². The van der Waals surface area contributed by atoms with Crippen LogP contribution in [0.1, 0.15) is 5.56 Å². The fraction of sp³-hybridized carbons (Fsp3) is 0.471. The summed E-state index contributed by atoms with van der Waals surface area (Å²) < 4.78 is 56.8. The van der Waals surface area contributed by atoms with E-state index in [0.29, 0.717) is 5.56 Å². The number of carboxylic acids is 1. The van der Waals surface area contributed by atoms with Crippen LogP contribution < -0.4 is 16.4 Å². The molecule has 0 fully saturated rings. The summed E-state index contributed by atoms with van der Waals surface area (Å²) in [6.07, 6.45) is 0.0662. The largest absolute Gasteiger partial charge is 0.480 e. The molecule has 0 saturated heterocycles. The van der Waals surface area contributed by atoms with E-state index in [4.69, 9.17) is 10.8 Å². The topological polar surface area (TPSA) is 140 Å². The van der Waals surface area contributed by atoms with Crippen molar-refractivity contribution in [1.29, 1.82) is 0 Å². The van der Waals surface area contributed by atoms with Crippen LogP contribution in [0.3, 0.4) is 0 Å². The van der Waals surface area contributed by atoms with Gasteiger partial charge in [0.25, 0.3) is 0 Å². The van der Waals surface area contributed by atoms with Gasteiger partial charge in [0.05, 0.1) is 19.3 Å². The maximum Gasteiger partial charge on any atom is 0.345 e. The van der Waals surface area contributed by atoms with Crippen molar-refractivity contribution in [3.63, 3.8) is 0 Å². The summed E-state index contributed by atoms with van der Waals surface area (Å²) in [7, 11) is 0. The highest BCUT2D eigenvalue weighted by atomic mass is 19.3. The highest BCUT2D eigenvalue weighted by Gasteiger charge is 2.29. The fourth-order valence-electron chi connectivity index (χ4n) is 2.21. The number of carboxylic acid groups (broad SMARTS) is 1. The lowest BCUT2D eigenvalue weighted by molar-refractivity contribution is -0.159. The molecule has 30 heavy (non-hydrogen) atoms. The molecule has 0 aliphatic rings. The lowest BCUT2D eigenvalue weighted by Crippen LogP contribution is -2.57. The van der Waals surface area contributed by atoms with Gasteiger partial charge in [0.2, 0.25) is 11.8 Å². The minimum atomic E-state index is -3.29. The van der Waals surface area contributed by atoms with Crippen LogP contribution in [0.4, 0.5) is 17.6 Å². The Bertz CT molecular complexity index is 695. The summed E-state index contributed by atoms with van der Waals surface area (Å²) >= 11 is 0. The Morgan fingerprint density at radius 3 is 1.90 bits per heavy atom. The molecule has 2 amide bonds. The zero-order chi connectivity index (χ0) is 22.7. The first-order chi connectivity index (χ1) is 14.1. The number of aliphatic carboxylic acids is 1. The molecule has 0 aliphatic carbocycles. The first kappa shape index (κ1) is 25.3. The SMILES string of the molecule is N[C@@H](Cc1ccccc1)C(=O)N[C@@H](COC(F)F)C(=O)N[C@@H](COC(F)F)C(=O)O.